The zero-order valence-electron chi connectivity index (χ0n) is 13.2. The van der Waals surface area contributed by atoms with Crippen LogP contribution >= 0.6 is 0 Å². The summed E-state index contributed by atoms with van der Waals surface area (Å²) in [7, 11) is 0. The van der Waals surface area contributed by atoms with Crippen LogP contribution in [0.2, 0.25) is 0 Å². The van der Waals surface area contributed by atoms with E-state index in [2.05, 4.69) is 42.8 Å². The largest absolute Gasteiger partial charge is 0.329 e. The van der Waals surface area contributed by atoms with Gasteiger partial charge in [-0.15, -0.1) is 0 Å². The average Bonchev–Trinajstić information content (AvgIpc) is 2.49. The van der Waals surface area contributed by atoms with E-state index in [0.29, 0.717) is 0 Å². The SMILES string of the molecule is CCN(Cc1ccncc1)C1(CN)CCC(C)C(C)C1. The Morgan fingerprint density at radius 1 is 1.30 bits per heavy atom. The summed E-state index contributed by atoms with van der Waals surface area (Å²) in [4.78, 5) is 6.70. The van der Waals surface area contributed by atoms with E-state index >= 15 is 0 Å². The maximum Gasteiger partial charge on any atom is 0.0337 e. The predicted octanol–water partition coefficient (Wildman–Crippen LogP) is 3.06. The predicted molar refractivity (Wildman–Crippen MR) is 84.3 cm³/mol. The first-order chi connectivity index (χ1) is 9.61. The first-order valence-corrected chi connectivity index (χ1v) is 7.95. The molecule has 0 saturated heterocycles. The van der Waals surface area contributed by atoms with Crippen molar-refractivity contribution < 1.29 is 0 Å². The Hall–Kier alpha value is -0.930. The number of rotatable bonds is 5. The Morgan fingerprint density at radius 2 is 2.00 bits per heavy atom. The highest BCUT2D eigenvalue weighted by atomic mass is 15.2. The van der Waals surface area contributed by atoms with E-state index < -0.39 is 0 Å². The molecule has 3 atom stereocenters. The van der Waals surface area contributed by atoms with Gasteiger partial charge < -0.3 is 5.73 Å². The molecule has 3 heteroatoms. The third kappa shape index (κ3) is 3.21. The van der Waals surface area contributed by atoms with E-state index in [1.54, 1.807) is 0 Å². The number of hydrogen-bond acceptors (Lipinski definition) is 3. The highest BCUT2D eigenvalue weighted by Crippen LogP contribution is 2.39. The maximum absolute atomic E-state index is 6.22. The molecule has 3 unspecified atom stereocenters. The van der Waals surface area contributed by atoms with Crippen molar-refractivity contribution in [2.75, 3.05) is 13.1 Å². The topological polar surface area (TPSA) is 42.2 Å². The molecule has 0 aromatic carbocycles. The van der Waals surface area contributed by atoms with Crippen molar-refractivity contribution in [3.05, 3.63) is 30.1 Å². The highest BCUT2D eigenvalue weighted by molar-refractivity contribution is 5.11. The van der Waals surface area contributed by atoms with Crippen molar-refractivity contribution in [2.24, 2.45) is 17.6 Å². The van der Waals surface area contributed by atoms with Crippen molar-refractivity contribution >= 4 is 0 Å². The molecule has 0 bridgehead atoms. The van der Waals surface area contributed by atoms with Gasteiger partial charge in [-0.2, -0.15) is 0 Å². The van der Waals surface area contributed by atoms with Crippen LogP contribution in [-0.2, 0) is 6.54 Å². The number of likely N-dealkylation sites (N-methyl/N-ethyl adjacent to an activating group) is 1. The molecule has 2 N–H and O–H groups in total. The van der Waals surface area contributed by atoms with Crippen LogP contribution in [0.1, 0.15) is 45.6 Å². The molecular formula is C17H29N3. The fraction of sp³-hybridized carbons (Fsp3) is 0.706. The summed E-state index contributed by atoms with van der Waals surface area (Å²) >= 11 is 0. The van der Waals surface area contributed by atoms with Crippen LogP contribution < -0.4 is 5.73 Å². The van der Waals surface area contributed by atoms with Gasteiger partial charge in [-0.1, -0.05) is 20.8 Å². The molecule has 1 aliphatic rings. The summed E-state index contributed by atoms with van der Waals surface area (Å²) in [6.45, 7) is 9.82. The van der Waals surface area contributed by atoms with Crippen LogP contribution in [0.15, 0.2) is 24.5 Å². The number of hydrogen-bond donors (Lipinski definition) is 1. The van der Waals surface area contributed by atoms with Crippen molar-refractivity contribution in [3.63, 3.8) is 0 Å². The van der Waals surface area contributed by atoms with Crippen molar-refractivity contribution in [1.29, 1.82) is 0 Å². The zero-order chi connectivity index (χ0) is 14.6. The van der Waals surface area contributed by atoms with E-state index in [4.69, 9.17) is 5.73 Å². The molecular weight excluding hydrogens is 246 g/mol. The second-order valence-electron chi connectivity index (χ2n) is 6.50. The lowest BCUT2D eigenvalue weighted by Crippen LogP contribution is -2.56. The van der Waals surface area contributed by atoms with Crippen LogP contribution in [0.4, 0.5) is 0 Å². The summed E-state index contributed by atoms with van der Waals surface area (Å²) < 4.78 is 0. The van der Waals surface area contributed by atoms with Gasteiger partial charge in [0.15, 0.2) is 0 Å². The quantitative estimate of drug-likeness (QED) is 0.898. The van der Waals surface area contributed by atoms with E-state index in [1.807, 2.05) is 12.4 Å². The molecule has 0 aliphatic heterocycles. The van der Waals surface area contributed by atoms with Gasteiger partial charge in [-0.25, -0.2) is 0 Å². The standard InChI is InChI=1S/C17H29N3/c1-4-20(12-16-6-9-19-10-7-16)17(13-18)8-5-14(2)15(3)11-17/h6-7,9-10,14-15H,4-5,8,11-13,18H2,1-3H3. The van der Waals surface area contributed by atoms with Crippen LogP contribution in [-0.4, -0.2) is 28.5 Å². The van der Waals surface area contributed by atoms with Crippen molar-refractivity contribution in [1.82, 2.24) is 9.88 Å². The van der Waals surface area contributed by atoms with Crippen LogP contribution in [0, 0.1) is 11.8 Å². The van der Waals surface area contributed by atoms with Crippen LogP contribution in [0.5, 0.6) is 0 Å². The lowest BCUT2D eigenvalue weighted by Gasteiger charge is -2.49. The minimum Gasteiger partial charge on any atom is -0.329 e. The zero-order valence-corrected chi connectivity index (χ0v) is 13.2. The van der Waals surface area contributed by atoms with Crippen LogP contribution in [0.25, 0.3) is 0 Å². The Kier molecular flexibility index (Phi) is 5.17. The molecule has 3 nitrogen and oxygen atoms in total. The van der Waals surface area contributed by atoms with Crippen molar-refractivity contribution in [2.45, 2.75) is 52.1 Å². The molecule has 1 saturated carbocycles. The second kappa shape index (κ2) is 6.68. The molecule has 1 fully saturated rings. The number of pyridine rings is 1. The number of aromatic nitrogens is 1. The lowest BCUT2D eigenvalue weighted by molar-refractivity contribution is 0.0188. The highest BCUT2D eigenvalue weighted by Gasteiger charge is 2.40. The van der Waals surface area contributed by atoms with Gasteiger partial charge in [0.2, 0.25) is 0 Å². The molecule has 1 aliphatic carbocycles. The minimum absolute atomic E-state index is 0.184. The number of nitrogens with zero attached hydrogens (tertiary/aromatic N) is 2. The normalized spacial score (nSPS) is 30.6. The van der Waals surface area contributed by atoms with Gasteiger partial charge in [0, 0.05) is 31.0 Å². The average molecular weight is 275 g/mol. The van der Waals surface area contributed by atoms with E-state index in [0.717, 1.165) is 31.5 Å². The van der Waals surface area contributed by atoms with Gasteiger partial charge in [0.25, 0.3) is 0 Å². The fourth-order valence-corrected chi connectivity index (χ4v) is 3.61. The van der Waals surface area contributed by atoms with Gasteiger partial charge in [0.05, 0.1) is 0 Å². The molecule has 20 heavy (non-hydrogen) atoms. The summed E-state index contributed by atoms with van der Waals surface area (Å²) in [5.41, 5.74) is 7.74. The third-order valence-electron chi connectivity index (χ3n) is 5.29. The summed E-state index contributed by atoms with van der Waals surface area (Å²) in [5, 5.41) is 0. The first kappa shape index (κ1) is 15.5. The van der Waals surface area contributed by atoms with E-state index in [9.17, 15) is 0 Å². The fourth-order valence-electron chi connectivity index (χ4n) is 3.61. The summed E-state index contributed by atoms with van der Waals surface area (Å²) in [6.07, 6.45) is 7.51. The van der Waals surface area contributed by atoms with Gasteiger partial charge in [-0.3, -0.25) is 9.88 Å². The van der Waals surface area contributed by atoms with Crippen molar-refractivity contribution in [3.8, 4) is 0 Å². The maximum atomic E-state index is 6.22. The lowest BCUT2D eigenvalue weighted by atomic mass is 9.70. The Labute approximate surface area is 123 Å². The summed E-state index contributed by atoms with van der Waals surface area (Å²) in [6, 6.07) is 4.23. The van der Waals surface area contributed by atoms with Gasteiger partial charge >= 0.3 is 0 Å². The Balaban J connectivity index is 2.15. The molecule has 0 spiro atoms. The molecule has 0 amide bonds. The second-order valence-corrected chi connectivity index (χ2v) is 6.50. The first-order valence-electron chi connectivity index (χ1n) is 7.95. The Morgan fingerprint density at radius 3 is 2.55 bits per heavy atom. The van der Waals surface area contributed by atoms with E-state index in [-0.39, 0.29) is 5.54 Å². The number of nitrogens with two attached hydrogens (primary N) is 1. The van der Waals surface area contributed by atoms with E-state index in [1.165, 1.54) is 24.8 Å². The van der Waals surface area contributed by atoms with Gasteiger partial charge in [0.1, 0.15) is 0 Å². The van der Waals surface area contributed by atoms with Gasteiger partial charge in [-0.05, 0) is 55.3 Å². The molecule has 2 rings (SSSR count). The smallest absolute Gasteiger partial charge is 0.0337 e. The monoisotopic (exact) mass is 275 g/mol. The molecule has 1 heterocycles. The minimum atomic E-state index is 0.184. The molecule has 1 aromatic rings. The molecule has 112 valence electrons. The molecule has 1 aromatic heterocycles. The molecule has 0 radical (unpaired) electrons. The summed E-state index contributed by atoms with van der Waals surface area (Å²) in [5.74, 6) is 1.59. The van der Waals surface area contributed by atoms with Crippen LogP contribution in [0.3, 0.4) is 0 Å². The third-order valence-corrected chi connectivity index (χ3v) is 5.29. The Bertz CT molecular complexity index is 406.